The maximum Gasteiger partial charge on any atom is 0.243 e. The normalized spacial score (nSPS) is 14.4. The predicted octanol–water partition coefficient (Wildman–Crippen LogP) is 6.24. The average Bonchev–Trinajstić information content (AvgIpc) is 3.46. The van der Waals surface area contributed by atoms with Gasteiger partial charge in [0.15, 0.2) is 0 Å². The Bertz CT molecular complexity index is 1460. The molecule has 1 N–H and O–H groups in total. The Morgan fingerprint density at radius 3 is 2.31 bits per heavy atom. The first kappa shape index (κ1) is 31.9. The van der Waals surface area contributed by atoms with E-state index >= 15 is 0 Å². The van der Waals surface area contributed by atoms with E-state index in [2.05, 4.69) is 5.32 Å². The maximum atomic E-state index is 14.0. The summed E-state index contributed by atoms with van der Waals surface area (Å²) in [4.78, 5) is 29.4. The van der Waals surface area contributed by atoms with Crippen molar-refractivity contribution in [1.29, 1.82) is 0 Å². The minimum absolute atomic E-state index is 0.0407. The topological polar surface area (TPSA) is 86.8 Å². The zero-order valence-corrected chi connectivity index (χ0v) is 26.0. The second-order valence-electron chi connectivity index (χ2n) is 10.7. The monoisotopic (exact) mass is 629 g/mol. The number of hydrogen-bond donors (Lipinski definition) is 1. The highest BCUT2D eigenvalue weighted by Gasteiger charge is 2.32. The predicted molar refractivity (Wildman–Crippen MR) is 169 cm³/mol. The molecule has 42 heavy (non-hydrogen) atoms. The summed E-state index contributed by atoms with van der Waals surface area (Å²) in [5.74, 6) is -0.445. The summed E-state index contributed by atoms with van der Waals surface area (Å²) in [7, 11) is -3.62. The Balaban J connectivity index is 1.59. The lowest BCUT2D eigenvalue weighted by atomic mass is 10.0. The summed E-state index contributed by atoms with van der Waals surface area (Å²) < 4.78 is 26.5. The van der Waals surface area contributed by atoms with E-state index in [1.807, 2.05) is 48.5 Å². The first-order valence-electron chi connectivity index (χ1n) is 14.2. The van der Waals surface area contributed by atoms with Crippen LogP contribution in [-0.4, -0.2) is 50.0 Å². The molecule has 0 spiro atoms. The Labute approximate surface area is 258 Å². The van der Waals surface area contributed by atoms with Crippen molar-refractivity contribution >= 4 is 50.7 Å². The third-order valence-corrected chi connectivity index (χ3v) is 9.32. The van der Waals surface area contributed by atoms with Crippen LogP contribution >= 0.6 is 23.2 Å². The highest BCUT2D eigenvalue weighted by atomic mass is 35.5. The van der Waals surface area contributed by atoms with Gasteiger partial charge in [-0.1, -0.05) is 90.6 Å². The van der Waals surface area contributed by atoms with E-state index in [0.717, 1.165) is 43.1 Å². The second-order valence-corrected chi connectivity index (χ2v) is 13.5. The van der Waals surface area contributed by atoms with Crippen LogP contribution in [0.3, 0.4) is 0 Å². The fourth-order valence-electron chi connectivity index (χ4n) is 5.37. The molecular weight excluding hydrogens is 593 g/mol. The van der Waals surface area contributed by atoms with Gasteiger partial charge >= 0.3 is 0 Å². The number of carbonyl (C=O) groups excluding carboxylic acids is 2. The van der Waals surface area contributed by atoms with Gasteiger partial charge in [-0.2, -0.15) is 0 Å². The van der Waals surface area contributed by atoms with Gasteiger partial charge in [0.25, 0.3) is 0 Å². The summed E-state index contributed by atoms with van der Waals surface area (Å²) in [6.45, 7) is 0.237. The van der Waals surface area contributed by atoms with Crippen molar-refractivity contribution in [3.8, 4) is 0 Å². The molecule has 1 aliphatic carbocycles. The number of halogens is 2. The molecule has 1 fully saturated rings. The molecule has 0 heterocycles. The zero-order chi connectivity index (χ0) is 30.1. The number of hydrogen-bond acceptors (Lipinski definition) is 4. The van der Waals surface area contributed by atoms with E-state index in [4.69, 9.17) is 23.2 Å². The lowest BCUT2D eigenvalue weighted by Crippen LogP contribution is -2.52. The number of anilines is 1. The van der Waals surface area contributed by atoms with Crippen molar-refractivity contribution in [3.05, 3.63) is 100 Å². The molecule has 0 radical (unpaired) electrons. The van der Waals surface area contributed by atoms with Gasteiger partial charge in [-0.3, -0.25) is 13.9 Å². The third-order valence-electron chi connectivity index (χ3n) is 7.52. The Morgan fingerprint density at radius 1 is 0.952 bits per heavy atom. The fourth-order valence-corrected chi connectivity index (χ4v) is 6.70. The molecule has 1 saturated carbocycles. The minimum atomic E-state index is -3.62. The number of nitrogens with one attached hydrogen (secondary N) is 1. The molecule has 4 rings (SSSR count). The van der Waals surface area contributed by atoms with E-state index in [1.54, 1.807) is 35.2 Å². The van der Waals surface area contributed by atoms with Crippen molar-refractivity contribution in [2.75, 3.05) is 17.1 Å². The molecule has 0 aliphatic heterocycles. The molecule has 0 bridgehead atoms. The summed E-state index contributed by atoms with van der Waals surface area (Å²) in [6, 6.07) is 22.8. The van der Waals surface area contributed by atoms with E-state index < -0.39 is 16.1 Å². The standard InChI is InChI=1S/C32H37Cl2N3O4S/c1-42(40,41)37(28-17-9-14-26(33)22-28)20-10-19-31(38)36(23-25-13-5-8-18-29(25)34)30(21-24-11-3-2-4-12-24)32(39)35-27-15-6-7-16-27/h2-5,8-9,11-14,17-18,22,27,30H,6-7,10,15-16,19-21,23H2,1H3,(H,35,39). The number of benzene rings is 3. The number of rotatable bonds is 13. The van der Waals surface area contributed by atoms with Crippen molar-refractivity contribution in [2.24, 2.45) is 0 Å². The van der Waals surface area contributed by atoms with Gasteiger partial charge in [-0.25, -0.2) is 8.42 Å². The van der Waals surface area contributed by atoms with Crippen molar-refractivity contribution < 1.29 is 18.0 Å². The van der Waals surface area contributed by atoms with Gasteiger partial charge in [-0.15, -0.1) is 0 Å². The van der Waals surface area contributed by atoms with Crippen LogP contribution in [0.5, 0.6) is 0 Å². The lowest BCUT2D eigenvalue weighted by molar-refractivity contribution is -0.141. The number of sulfonamides is 1. The lowest BCUT2D eigenvalue weighted by Gasteiger charge is -2.33. The summed E-state index contributed by atoms with van der Waals surface area (Å²) in [6.07, 6.45) is 5.75. The average molecular weight is 631 g/mol. The molecule has 224 valence electrons. The van der Waals surface area contributed by atoms with E-state index in [9.17, 15) is 18.0 Å². The highest BCUT2D eigenvalue weighted by molar-refractivity contribution is 7.92. The molecular formula is C32H37Cl2N3O4S. The maximum absolute atomic E-state index is 14.0. The number of amides is 2. The SMILES string of the molecule is CS(=O)(=O)N(CCCC(=O)N(Cc1ccccc1Cl)C(Cc1ccccc1)C(=O)NC1CCCC1)c1cccc(Cl)c1. The van der Waals surface area contributed by atoms with E-state index in [0.29, 0.717) is 22.2 Å². The fraction of sp³-hybridized carbons (Fsp3) is 0.375. The first-order chi connectivity index (χ1) is 20.1. The largest absolute Gasteiger partial charge is 0.352 e. The Morgan fingerprint density at radius 2 is 1.64 bits per heavy atom. The second kappa shape index (κ2) is 14.9. The van der Waals surface area contributed by atoms with E-state index in [1.165, 1.54) is 4.31 Å². The third kappa shape index (κ3) is 8.96. The van der Waals surface area contributed by atoms with Crippen molar-refractivity contribution in [2.45, 2.75) is 63.6 Å². The van der Waals surface area contributed by atoms with Gasteiger partial charge in [-0.05, 0) is 54.7 Å². The molecule has 7 nitrogen and oxygen atoms in total. The minimum Gasteiger partial charge on any atom is -0.352 e. The first-order valence-corrected chi connectivity index (χ1v) is 16.8. The van der Waals surface area contributed by atoms with Crippen LogP contribution in [0.25, 0.3) is 0 Å². The summed E-state index contributed by atoms with van der Waals surface area (Å²) in [5.41, 5.74) is 2.10. The van der Waals surface area contributed by atoms with E-state index in [-0.39, 0.29) is 43.8 Å². The van der Waals surface area contributed by atoms with Crippen LogP contribution in [0.15, 0.2) is 78.9 Å². The van der Waals surface area contributed by atoms with Crippen LogP contribution < -0.4 is 9.62 Å². The molecule has 2 amide bonds. The highest BCUT2D eigenvalue weighted by Crippen LogP contribution is 2.25. The molecule has 0 aromatic heterocycles. The zero-order valence-electron chi connectivity index (χ0n) is 23.7. The molecule has 3 aromatic rings. The number of carbonyl (C=O) groups is 2. The van der Waals surface area contributed by atoms with Gasteiger partial charge < -0.3 is 10.2 Å². The van der Waals surface area contributed by atoms with Crippen LogP contribution in [0.1, 0.15) is 49.7 Å². The molecule has 1 unspecified atom stereocenters. The van der Waals surface area contributed by atoms with Crippen molar-refractivity contribution in [3.63, 3.8) is 0 Å². The summed E-state index contributed by atoms with van der Waals surface area (Å²) in [5, 5.41) is 4.12. The molecule has 1 aliphatic rings. The Hall–Kier alpha value is -3.07. The Kier molecular flexibility index (Phi) is 11.3. The van der Waals surface area contributed by atoms with Gasteiger partial charge in [0.1, 0.15) is 6.04 Å². The van der Waals surface area contributed by atoms with Crippen molar-refractivity contribution in [1.82, 2.24) is 10.2 Å². The van der Waals surface area contributed by atoms with Gasteiger partial charge in [0.05, 0.1) is 11.9 Å². The molecule has 10 heteroatoms. The van der Waals surface area contributed by atoms with Crippen LogP contribution in [-0.2, 0) is 32.6 Å². The molecule has 0 saturated heterocycles. The van der Waals surface area contributed by atoms with Crippen LogP contribution in [0.4, 0.5) is 5.69 Å². The van der Waals surface area contributed by atoms with Crippen LogP contribution in [0, 0.1) is 0 Å². The summed E-state index contributed by atoms with van der Waals surface area (Å²) >= 11 is 12.6. The quantitative estimate of drug-likeness (QED) is 0.242. The van der Waals surface area contributed by atoms with Gasteiger partial charge in [0, 0.05) is 42.0 Å². The smallest absolute Gasteiger partial charge is 0.243 e. The molecule has 3 aromatic carbocycles. The van der Waals surface area contributed by atoms with Crippen LogP contribution in [0.2, 0.25) is 10.0 Å². The number of nitrogens with zero attached hydrogens (tertiary/aromatic N) is 2. The molecule has 1 atom stereocenters. The van der Waals surface area contributed by atoms with Gasteiger partial charge in [0.2, 0.25) is 21.8 Å².